The number of nitrogens with zero attached hydrogens (tertiary/aromatic N) is 2. The molecule has 1 unspecified atom stereocenters. The van der Waals surface area contributed by atoms with Crippen molar-refractivity contribution >= 4 is 5.91 Å². The molecule has 0 N–H and O–H groups in total. The average molecular weight is 210 g/mol. The molecule has 3 nitrogen and oxygen atoms in total. The van der Waals surface area contributed by atoms with Crippen molar-refractivity contribution < 1.29 is 4.79 Å². The highest BCUT2D eigenvalue weighted by Crippen LogP contribution is 2.23. The molecule has 2 aliphatic heterocycles. The topological polar surface area (TPSA) is 23.6 Å². The summed E-state index contributed by atoms with van der Waals surface area (Å²) in [5.41, 5.74) is 0. The Morgan fingerprint density at radius 2 is 2.27 bits per heavy atom. The standard InChI is InChI=1S/C12H22N2O/c1-3-10(2)13-7-8-14-11(9-13)5-4-6-12(14)15/h10-11H,3-9H2,1-2H3/t10?,11-/m0/s1. The molecule has 0 radical (unpaired) electrons. The summed E-state index contributed by atoms with van der Waals surface area (Å²) in [7, 11) is 0. The smallest absolute Gasteiger partial charge is 0.222 e. The maximum Gasteiger partial charge on any atom is 0.222 e. The molecule has 0 aromatic heterocycles. The van der Waals surface area contributed by atoms with E-state index in [2.05, 4.69) is 23.6 Å². The molecule has 3 heteroatoms. The van der Waals surface area contributed by atoms with Crippen molar-refractivity contribution in [3.05, 3.63) is 0 Å². The van der Waals surface area contributed by atoms with Crippen LogP contribution in [0, 0.1) is 0 Å². The van der Waals surface area contributed by atoms with Crippen LogP contribution in [0.3, 0.4) is 0 Å². The molecule has 2 atom stereocenters. The monoisotopic (exact) mass is 210 g/mol. The zero-order valence-corrected chi connectivity index (χ0v) is 9.91. The number of fused-ring (bicyclic) bond motifs is 1. The van der Waals surface area contributed by atoms with Crippen molar-refractivity contribution in [1.29, 1.82) is 0 Å². The van der Waals surface area contributed by atoms with E-state index in [1.807, 2.05) is 0 Å². The third-order valence-electron chi connectivity index (χ3n) is 3.98. The molecule has 86 valence electrons. The Balaban J connectivity index is 1.96. The van der Waals surface area contributed by atoms with Gasteiger partial charge in [0.05, 0.1) is 0 Å². The zero-order chi connectivity index (χ0) is 10.8. The SMILES string of the molecule is CCC(C)N1CCN2C(=O)CCC[C@H]2C1. The lowest BCUT2D eigenvalue weighted by Crippen LogP contribution is -2.58. The van der Waals surface area contributed by atoms with E-state index in [0.29, 0.717) is 18.0 Å². The molecule has 0 saturated carbocycles. The number of amides is 1. The van der Waals surface area contributed by atoms with Crippen LogP contribution in [0.4, 0.5) is 0 Å². The first-order chi connectivity index (χ1) is 7.22. The molecule has 2 heterocycles. The van der Waals surface area contributed by atoms with Crippen molar-refractivity contribution in [2.24, 2.45) is 0 Å². The minimum atomic E-state index is 0.384. The fourth-order valence-corrected chi connectivity index (χ4v) is 2.75. The van der Waals surface area contributed by atoms with Crippen LogP contribution in [0.15, 0.2) is 0 Å². The van der Waals surface area contributed by atoms with Gasteiger partial charge in [-0.1, -0.05) is 6.92 Å². The Morgan fingerprint density at radius 1 is 1.47 bits per heavy atom. The van der Waals surface area contributed by atoms with Crippen molar-refractivity contribution in [3.63, 3.8) is 0 Å². The first-order valence-electron chi connectivity index (χ1n) is 6.26. The molecule has 0 bridgehead atoms. The van der Waals surface area contributed by atoms with Gasteiger partial charge in [0.1, 0.15) is 0 Å². The highest BCUT2D eigenvalue weighted by molar-refractivity contribution is 5.77. The normalized spacial score (nSPS) is 30.1. The van der Waals surface area contributed by atoms with Gasteiger partial charge < -0.3 is 4.90 Å². The van der Waals surface area contributed by atoms with Gasteiger partial charge in [-0.3, -0.25) is 9.69 Å². The van der Waals surface area contributed by atoms with Crippen LogP contribution in [0.5, 0.6) is 0 Å². The summed E-state index contributed by atoms with van der Waals surface area (Å²) in [6.45, 7) is 7.65. The summed E-state index contributed by atoms with van der Waals surface area (Å²) in [5.74, 6) is 0.384. The van der Waals surface area contributed by atoms with Crippen molar-refractivity contribution in [2.45, 2.75) is 51.6 Å². The molecule has 15 heavy (non-hydrogen) atoms. The Labute approximate surface area is 92.4 Å². The van der Waals surface area contributed by atoms with Crippen LogP contribution in [0.25, 0.3) is 0 Å². The molecular formula is C12H22N2O. The first-order valence-corrected chi connectivity index (χ1v) is 6.26. The highest BCUT2D eigenvalue weighted by Gasteiger charge is 2.33. The van der Waals surface area contributed by atoms with E-state index in [1.54, 1.807) is 0 Å². The Kier molecular flexibility index (Phi) is 3.29. The maximum absolute atomic E-state index is 11.7. The van der Waals surface area contributed by atoms with Gasteiger partial charge in [-0.25, -0.2) is 0 Å². The molecule has 1 amide bonds. The quantitative estimate of drug-likeness (QED) is 0.689. The number of carbonyl (C=O) groups excluding carboxylic acids is 1. The number of rotatable bonds is 2. The van der Waals surface area contributed by atoms with E-state index in [1.165, 1.54) is 12.8 Å². The fourth-order valence-electron chi connectivity index (χ4n) is 2.75. The van der Waals surface area contributed by atoms with Gasteiger partial charge in [0.15, 0.2) is 0 Å². The molecule has 0 aliphatic carbocycles. The second-order valence-electron chi connectivity index (χ2n) is 4.89. The van der Waals surface area contributed by atoms with E-state index < -0.39 is 0 Å². The van der Waals surface area contributed by atoms with E-state index in [4.69, 9.17) is 0 Å². The first kappa shape index (κ1) is 10.9. The summed E-state index contributed by atoms with van der Waals surface area (Å²) in [6, 6.07) is 1.18. The van der Waals surface area contributed by atoms with Crippen LogP contribution < -0.4 is 0 Å². The van der Waals surface area contributed by atoms with E-state index in [9.17, 15) is 4.79 Å². The minimum Gasteiger partial charge on any atom is -0.337 e. The summed E-state index contributed by atoms with van der Waals surface area (Å²) in [6.07, 6.45) is 4.29. The van der Waals surface area contributed by atoms with Gasteiger partial charge in [0.2, 0.25) is 5.91 Å². The molecule has 0 aromatic carbocycles. The number of piperazine rings is 1. The van der Waals surface area contributed by atoms with Crippen LogP contribution in [-0.2, 0) is 4.79 Å². The Morgan fingerprint density at radius 3 is 3.00 bits per heavy atom. The lowest BCUT2D eigenvalue weighted by Gasteiger charge is -2.45. The minimum absolute atomic E-state index is 0.384. The van der Waals surface area contributed by atoms with Gasteiger partial charge in [-0.15, -0.1) is 0 Å². The lowest BCUT2D eigenvalue weighted by molar-refractivity contribution is -0.140. The zero-order valence-electron chi connectivity index (χ0n) is 9.91. The number of hydrogen-bond donors (Lipinski definition) is 0. The van der Waals surface area contributed by atoms with Gasteiger partial charge in [0, 0.05) is 38.1 Å². The average Bonchev–Trinajstić information content (AvgIpc) is 2.28. The van der Waals surface area contributed by atoms with Gasteiger partial charge in [-0.2, -0.15) is 0 Å². The van der Waals surface area contributed by atoms with Crippen LogP contribution in [0.1, 0.15) is 39.5 Å². The van der Waals surface area contributed by atoms with E-state index >= 15 is 0 Å². The summed E-state index contributed by atoms with van der Waals surface area (Å²) in [5, 5.41) is 0. The summed E-state index contributed by atoms with van der Waals surface area (Å²) < 4.78 is 0. The van der Waals surface area contributed by atoms with Gasteiger partial charge in [0.25, 0.3) is 0 Å². The third-order valence-corrected chi connectivity index (χ3v) is 3.98. The van der Waals surface area contributed by atoms with E-state index in [0.717, 1.165) is 32.5 Å². The molecule has 2 fully saturated rings. The Hall–Kier alpha value is -0.570. The molecule has 0 aromatic rings. The fraction of sp³-hybridized carbons (Fsp3) is 0.917. The second-order valence-corrected chi connectivity index (χ2v) is 4.89. The molecule has 0 spiro atoms. The maximum atomic E-state index is 11.7. The van der Waals surface area contributed by atoms with Gasteiger partial charge in [-0.05, 0) is 26.2 Å². The third kappa shape index (κ3) is 2.17. The predicted molar refractivity (Wildman–Crippen MR) is 60.7 cm³/mol. The molecule has 2 saturated heterocycles. The van der Waals surface area contributed by atoms with Crippen molar-refractivity contribution in [2.75, 3.05) is 19.6 Å². The molecule has 2 aliphatic rings. The number of hydrogen-bond acceptors (Lipinski definition) is 2. The number of carbonyl (C=O) groups is 1. The molecule has 2 rings (SSSR count). The van der Waals surface area contributed by atoms with Crippen LogP contribution in [0.2, 0.25) is 0 Å². The Bertz CT molecular complexity index is 242. The van der Waals surface area contributed by atoms with Crippen molar-refractivity contribution in [1.82, 2.24) is 9.80 Å². The van der Waals surface area contributed by atoms with Gasteiger partial charge >= 0.3 is 0 Å². The second kappa shape index (κ2) is 4.52. The predicted octanol–water partition coefficient (Wildman–Crippen LogP) is 1.48. The lowest BCUT2D eigenvalue weighted by atomic mass is 9.98. The molecular weight excluding hydrogens is 188 g/mol. The van der Waals surface area contributed by atoms with Crippen molar-refractivity contribution in [3.8, 4) is 0 Å². The highest BCUT2D eigenvalue weighted by atomic mass is 16.2. The van der Waals surface area contributed by atoms with Crippen LogP contribution in [-0.4, -0.2) is 47.4 Å². The largest absolute Gasteiger partial charge is 0.337 e. The summed E-state index contributed by atoms with van der Waals surface area (Å²) >= 11 is 0. The van der Waals surface area contributed by atoms with E-state index in [-0.39, 0.29) is 0 Å². The number of piperidine rings is 1. The van der Waals surface area contributed by atoms with Crippen LogP contribution >= 0.6 is 0 Å². The summed E-state index contributed by atoms with van der Waals surface area (Å²) in [4.78, 5) is 16.3.